The average molecular weight is 195 g/mol. The summed E-state index contributed by atoms with van der Waals surface area (Å²) in [5.74, 6) is 1.07. The third-order valence-corrected chi connectivity index (χ3v) is 2.79. The Balaban J connectivity index is 4.31. The molecule has 0 aliphatic carbocycles. The fourth-order valence-electron chi connectivity index (χ4n) is 1.50. The second kappa shape index (κ2) is 6.02. The summed E-state index contributed by atoms with van der Waals surface area (Å²) in [6, 6.07) is 0.114. The van der Waals surface area contributed by atoms with Crippen molar-refractivity contribution in [3.8, 4) is 0 Å². The maximum absolute atomic E-state index is 6.09. The maximum Gasteiger partial charge on any atom is 0.0291 e. The van der Waals surface area contributed by atoms with Gasteiger partial charge in [0.1, 0.15) is 0 Å². The van der Waals surface area contributed by atoms with Gasteiger partial charge in [0.2, 0.25) is 0 Å². The lowest BCUT2D eigenvalue weighted by Crippen LogP contribution is -2.26. The Morgan fingerprint density at radius 1 is 1.21 bits per heavy atom. The third kappa shape index (κ3) is 4.10. The first kappa shape index (κ1) is 13.4. The molecular formula is C13H25N. The Morgan fingerprint density at radius 2 is 1.71 bits per heavy atom. The molecule has 1 atom stereocenters. The van der Waals surface area contributed by atoms with Crippen LogP contribution in [0, 0.1) is 11.8 Å². The molecule has 0 aromatic heterocycles. The predicted octanol–water partition coefficient (Wildman–Crippen LogP) is 3.52. The molecule has 0 saturated heterocycles. The molecule has 0 aromatic carbocycles. The lowest BCUT2D eigenvalue weighted by molar-refractivity contribution is 0.604. The molecular weight excluding hydrogens is 170 g/mol. The van der Waals surface area contributed by atoms with Crippen molar-refractivity contribution in [2.45, 2.75) is 47.1 Å². The summed E-state index contributed by atoms with van der Waals surface area (Å²) in [6.45, 7) is 14.8. The molecule has 1 heteroatoms. The zero-order valence-corrected chi connectivity index (χ0v) is 10.3. The van der Waals surface area contributed by atoms with Gasteiger partial charge in [-0.25, -0.2) is 0 Å². The molecule has 0 unspecified atom stereocenters. The Morgan fingerprint density at radius 3 is 2.00 bits per heavy atom. The fourth-order valence-corrected chi connectivity index (χ4v) is 1.50. The lowest BCUT2D eigenvalue weighted by atomic mass is 9.89. The van der Waals surface area contributed by atoms with Crippen molar-refractivity contribution in [2.24, 2.45) is 17.6 Å². The van der Waals surface area contributed by atoms with Crippen LogP contribution in [0.5, 0.6) is 0 Å². The van der Waals surface area contributed by atoms with Crippen LogP contribution in [0.25, 0.3) is 0 Å². The largest absolute Gasteiger partial charge is 0.324 e. The summed E-state index contributed by atoms with van der Waals surface area (Å²) in [5, 5.41) is 0. The van der Waals surface area contributed by atoms with E-state index in [4.69, 9.17) is 5.73 Å². The van der Waals surface area contributed by atoms with Gasteiger partial charge in [-0.05, 0) is 25.2 Å². The molecule has 0 amide bonds. The standard InChI is InChI=1S/C13H25N/c1-7-12(10(4)5)8-13(14)11(6)9(2)3/h7,9-10,13H,6,8,14H2,1-5H3/b12-7+/t13-/m1/s1. The smallest absolute Gasteiger partial charge is 0.0291 e. The van der Waals surface area contributed by atoms with Crippen LogP contribution in [-0.4, -0.2) is 6.04 Å². The van der Waals surface area contributed by atoms with Crippen molar-refractivity contribution in [2.75, 3.05) is 0 Å². The van der Waals surface area contributed by atoms with E-state index in [1.165, 1.54) is 5.57 Å². The molecule has 2 N–H and O–H groups in total. The fraction of sp³-hybridized carbons (Fsp3) is 0.692. The molecule has 0 spiro atoms. The van der Waals surface area contributed by atoms with Gasteiger partial charge in [-0.1, -0.05) is 51.5 Å². The molecule has 0 radical (unpaired) electrons. The van der Waals surface area contributed by atoms with Gasteiger partial charge in [0, 0.05) is 6.04 Å². The summed E-state index contributed by atoms with van der Waals surface area (Å²) in [6.07, 6.45) is 3.13. The van der Waals surface area contributed by atoms with E-state index < -0.39 is 0 Å². The monoisotopic (exact) mass is 195 g/mol. The van der Waals surface area contributed by atoms with Crippen LogP contribution in [-0.2, 0) is 0 Å². The first-order valence-corrected chi connectivity index (χ1v) is 5.49. The molecule has 0 fully saturated rings. The second-order valence-electron chi connectivity index (χ2n) is 4.56. The number of hydrogen-bond acceptors (Lipinski definition) is 1. The molecule has 82 valence electrons. The van der Waals surface area contributed by atoms with Gasteiger partial charge in [0.05, 0.1) is 0 Å². The van der Waals surface area contributed by atoms with E-state index in [9.17, 15) is 0 Å². The van der Waals surface area contributed by atoms with Crippen molar-refractivity contribution in [3.63, 3.8) is 0 Å². The van der Waals surface area contributed by atoms with E-state index in [0.29, 0.717) is 11.8 Å². The van der Waals surface area contributed by atoms with Crippen molar-refractivity contribution < 1.29 is 0 Å². The van der Waals surface area contributed by atoms with E-state index in [1.54, 1.807) is 0 Å². The summed E-state index contributed by atoms with van der Waals surface area (Å²) in [4.78, 5) is 0. The topological polar surface area (TPSA) is 26.0 Å². The van der Waals surface area contributed by atoms with Gasteiger partial charge in [-0.2, -0.15) is 0 Å². The van der Waals surface area contributed by atoms with Crippen LogP contribution in [0.15, 0.2) is 23.8 Å². The normalized spacial score (nSPS) is 15.0. The molecule has 0 saturated carbocycles. The molecule has 0 aromatic rings. The van der Waals surface area contributed by atoms with Crippen LogP contribution >= 0.6 is 0 Å². The minimum atomic E-state index is 0.114. The van der Waals surface area contributed by atoms with Gasteiger partial charge < -0.3 is 5.73 Å². The number of allylic oxidation sites excluding steroid dienone is 1. The highest BCUT2D eigenvalue weighted by atomic mass is 14.6. The quantitative estimate of drug-likeness (QED) is 0.667. The van der Waals surface area contributed by atoms with Gasteiger partial charge in [-0.3, -0.25) is 0 Å². The number of hydrogen-bond donors (Lipinski definition) is 1. The van der Waals surface area contributed by atoms with Crippen molar-refractivity contribution >= 4 is 0 Å². The Kier molecular flexibility index (Phi) is 5.78. The second-order valence-corrected chi connectivity index (χ2v) is 4.56. The summed E-state index contributed by atoms with van der Waals surface area (Å²) in [5.41, 5.74) is 8.68. The summed E-state index contributed by atoms with van der Waals surface area (Å²) < 4.78 is 0. The van der Waals surface area contributed by atoms with Gasteiger partial charge >= 0.3 is 0 Å². The highest BCUT2D eigenvalue weighted by Crippen LogP contribution is 2.20. The van der Waals surface area contributed by atoms with Crippen LogP contribution in [0.1, 0.15) is 41.0 Å². The SMILES string of the molecule is C=C(C(C)C)[C@H](N)C/C(=C\C)C(C)C. The number of rotatable bonds is 5. The lowest BCUT2D eigenvalue weighted by Gasteiger charge is -2.21. The van der Waals surface area contributed by atoms with E-state index in [2.05, 4.69) is 47.3 Å². The zero-order chi connectivity index (χ0) is 11.3. The predicted molar refractivity (Wildman–Crippen MR) is 65.2 cm³/mol. The first-order valence-electron chi connectivity index (χ1n) is 5.49. The van der Waals surface area contributed by atoms with E-state index in [-0.39, 0.29) is 6.04 Å². The van der Waals surface area contributed by atoms with E-state index in [0.717, 1.165) is 12.0 Å². The average Bonchev–Trinajstić information content (AvgIpc) is 2.11. The van der Waals surface area contributed by atoms with Gasteiger partial charge in [0.15, 0.2) is 0 Å². The highest BCUT2D eigenvalue weighted by Gasteiger charge is 2.13. The first-order chi connectivity index (χ1) is 6.40. The summed E-state index contributed by atoms with van der Waals surface area (Å²) in [7, 11) is 0. The van der Waals surface area contributed by atoms with Crippen LogP contribution in [0.4, 0.5) is 0 Å². The molecule has 0 aliphatic rings. The molecule has 0 rings (SSSR count). The van der Waals surface area contributed by atoms with E-state index >= 15 is 0 Å². The Labute approximate surface area is 89.1 Å². The number of nitrogens with two attached hydrogens (primary N) is 1. The van der Waals surface area contributed by atoms with Crippen molar-refractivity contribution in [3.05, 3.63) is 23.8 Å². The van der Waals surface area contributed by atoms with E-state index in [1.807, 2.05) is 0 Å². The van der Waals surface area contributed by atoms with Gasteiger partial charge in [-0.15, -0.1) is 0 Å². The highest BCUT2D eigenvalue weighted by molar-refractivity contribution is 5.15. The van der Waals surface area contributed by atoms with Gasteiger partial charge in [0.25, 0.3) is 0 Å². The molecule has 1 nitrogen and oxygen atoms in total. The Hall–Kier alpha value is -0.560. The molecule has 14 heavy (non-hydrogen) atoms. The molecule has 0 bridgehead atoms. The third-order valence-electron chi connectivity index (χ3n) is 2.79. The van der Waals surface area contributed by atoms with Crippen molar-refractivity contribution in [1.82, 2.24) is 0 Å². The van der Waals surface area contributed by atoms with Crippen LogP contribution < -0.4 is 5.73 Å². The minimum absolute atomic E-state index is 0.114. The Bertz CT molecular complexity index is 211. The van der Waals surface area contributed by atoms with Crippen LogP contribution in [0.2, 0.25) is 0 Å². The maximum atomic E-state index is 6.09. The minimum Gasteiger partial charge on any atom is -0.324 e. The van der Waals surface area contributed by atoms with Crippen molar-refractivity contribution in [1.29, 1.82) is 0 Å². The molecule has 0 heterocycles. The zero-order valence-electron chi connectivity index (χ0n) is 10.3. The van der Waals surface area contributed by atoms with Crippen LogP contribution in [0.3, 0.4) is 0 Å². The summed E-state index contributed by atoms with van der Waals surface area (Å²) >= 11 is 0. The molecule has 0 aliphatic heterocycles.